The number of carbonyl (C=O) groups excluding carboxylic acids is 3. The number of nitrogens with zero attached hydrogens (tertiary/aromatic N) is 4. The maximum absolute atomic E-state index is 13.4. The first-order valence-electron chi connectivity index (χ1n) is 11.4. The lowest BCUT2D eigenvalue weighted by atomic mass is 9.91. The number of amides is 4. The third kappa shape index (κ3) is 3.92. The summed E-state index contributed by atoms with van der Waals surface area (Å²) in [6.45, 7) is 3.10. The Balaban J connectivity index is 1.40. The van der Waals surface area contributed by atoms with Crippen LogP contribution in [0.4, 0.5) is 4.79 Å². The molecular weight excluding hydrogens is 458 g/mol. The summed E-state index contributed by atoms with van der Waals surface area (Å²) in [5.41, 5.74) is 2.31. The number of nitriles is 1. The summed E-state index contributed by atoms with van der Waals surface area (Å²) < 4.78 is 5.57. The molecule has 0 saturated carbocycles. The number of rotatable bonds is 5. The molecule has 1 N–H and O–H groups in total. The Kier molecular flexibility index (Phi) is 5.65. The van der Waals surface area contributed by atoms with E-state index in [4.69, 9.17) is 9.68 Å². The van der Waals surface area contributed by atoms with Crippen molar-refractivity contribution in [3.05, 3.63) is 94.9 Å². The monoisotopic (exact) mass is 481 g/mol. The average Bonchev–Trinajstić information content (AvgIpc) is 3.61. The van der Waals surface area contributed by atoms with Gasteiger partial charge in [-0.1, -0.05) is 42.0 Å². The number of imide groups is 1. The molecule has 9 nitrogen and oxygen atoms in total. The van der Waals surface area contributed by atoms with Gasteiger partial charge < -0.3 is 9.73 Å². The van der Waals surface area contributed by atoms with Gasteiger partial charge in [0.25, 0.3) is 11.8 Å². The number of hydrogen-bond donors (Lipinski definition) is 1. The van der Waals surface area contributed by atoms with Crippen LogP contribution < -0.4 is 5.32 Å². The standard InChI is InChI=1S/C27H23N5O4/c1-17-5-9-19(10-6-17)21-14-22(23-4-3-13-36-23)32(30-21)24(33)16-31-25(34)27(2,29-26(31)35)20-11-7-18(15-28)8-12-20/h3-13,22H,14,16H2,1-2H3,(H,29,35)/t22-,27+/m0/s1. The largest absolute Gasteiger partial charge is 0.467 e. The van der Waals surface area contributed by atoms with Crippen molar-refractivity contribution in [2.45, 2.75) is 31.8 Å². The number of nitrogens with one attached hydrogen (secondary N) is 1. The Morgan fingerprint density at radius 2 is 1.89 bits per heavy atom. The third-order valence-corrected chi connectivity index (χ3v) is 6.58. The van der Waals surface area contributed by atoms with Crippen molar-refractivity contribution in [3.63, 3.8) is 0 Å². The van der Waals surface area contributed by atoms with E-state index in [2.05, 4.69) is 10.4 Å². The minimum Gasteiger partial charge on any atom is -0.467 e. The molecule has 0 bridgehead atoms. The van der Waals surface area contributed by atoms with Crippen LogP contribution in [-0.4, -0.2) is 40.0 Å². The summed E-state index contributed by atoms with van der Waals surface area (Å²) in [5.74, 6) is -0.498. The third-order valence-electron chi connectivity index (χ3n) is 6.58. The van der Waals surface area contributed by atoms with Gasteiger partial charge in [0.1, 0.15) is 23.9 Å². The van der Waals surface area contributed by atoms with Crippen LogP contribution in [0.3, 0.4) is 0 Å². The van der Waals surface area contributed by atoms with Crippen LogP contribution in [0.25, 0.3) is 0 Å². The molecule has 3 heterocycles. The Hall–Kier alpha value is -4.71. The molecule has 0 radical (unpaired) electrons. The highest BCUT2D eigenvalue weighted by atomic mass is 16.3. The Morgan fingerprint density at radius 3 is 2.53 bits per heavy atom. The smallest absolute Gasteiger partial charge is 0.325 e. The Bertz CT molecular complexity index is 1400. The zero-order chi connectivity index (χ0) is 25.4. The number of carbonyl (C=O) groups is 3. The molecule has 9 heteroatoms. The molecule has 2 aliphatic heterocycles. The summed E-state index contributed by atoms with van der Waals surface area (Å²) in [5, 5.41) is 17.6. The number of aryl methyl sites for hydroxylation is 1. The van der Waals surface area contributed by atoms with E-state index in [9.17, 15) is 14.4 Å². The molecule has 36 heavy (non-hydrogen) atoms. The molecule has 180 valence electrons. The van der Waals surface area contributed by atoms with Gasteiger partial charge in [-0.3, -0.25) is 14.5 Å². The van der Waals surface area contributed by atoms with Gasteiger partial charge in [-0.25, -0.2) is 9.80 Å². The van der Waals surface area contributed by atoms with Crippen molar-refractivity contribution in [2.75, 3.05) is 6.54 Å². The highest BCUT2D eigenvalue weighted by molar-refractivity contribution is 6.09. The van der Waals surface area contributed by atoms with Gasteiger partial charge in [0.2, 0.25) is 0 Å². The fourth-order valence-electron chi connectivity index (χ4n) is 4.49. The van der Waals surface area contributed by atoms with Gasteiger partial charge in [-0.15, -0.1) is 0 Å². The predicted octanol–water partition coefficient (Wildman–Crippen LogP) is 3.60. The van der Waals surface area contributed by atoms with Crippen LogP contribution in [0.15, 0.2) is 76.4 Å². The van der Waals surface area contributed by atoms with Crippen LogP contribution in [0.5, 0.6) is 0 Å². The molecule has 3 aromatic rings. The molecule has 2 atom stereocenters. The first kappa shape index (κ1) is 23.1. The van der Waals surface area contributed by atoms with E-state index in [0.29, 0.717) is 29.0 Å². The molecule has 2 aliphatic rings. The highest BCUT2D eigenvalue weighted by Gasteiger charge is 2.50. The van der Waals surface area contributed by atoms with E-state index in [1.807, 2.05) is 37.3 Å². The predicted molar refractivity (Wildman–Crippen MR) is 129 cm³/mol. The van der Waals surface area contributed by atoms with Crippen LogP contribution in [0.2, 0.25) is 0 Å². The maximum atomic E-state index is 13.4. The second-order valence-electron chi connectivity index (χ2n) is 9.02. The normalized spacial score (nSPS) is 21.4. The number of furan rings is 1. The van der Waals surface area contributed by atoms with E-state index in [-0.39, 0.29) is 0 Å². The molecule has 1 fully saturated rings. The molecule has 2 aromatic carbocycles. The number of benzene rings is 2. The van der Waals surface area contributed by atoms with E-state index < -0.39 is 36.0 Å². The summed E-state index contributed by atoms with van der Waals surface area (Å²) in [6, 6.07) is 18.6. The summed E-state index contributed by atoms with van der Waals surface area (Å²) in [6.07, 6.45) is 1.97. The van der Waals surface area contributed by atoms with E-state index >= 15 is 0 Å². The van der Waals surface area contributed by atoms with Gasteiger partial charge in [-0.2, -0.15) is 10.4 Å². The van der Waals surface area contributed by atoms with Crippen molar-refractivity contribution in [3.8, 4) is 6.07 Å². The quantitative estimate of drug-likeness (QED) is 0.559. The van der Waals surface area contributed by atoms with Gasteiger partial charge in [-0.05, 0) is 49.2 Å². The zero-order valence-corrected chi connectivity index (χ0v) is 19.8. The average molecular weight is 482 g/mol. The molecular formula is C27H23N5O4. The molecule has 0 spiro atoms. The lowest BCUT2D eigenvalue weighted by molar-refractivity contribution is -0.140. The highest BCUT2D eigenvalue weighted by Crippen LogP contribution is 2.34. The van der Waals surface area contributed by atoms with Crippen LogP contribution >= 0.6 is 0 Å². The molecule has 0 aliphatic carbocycles. The minimum atomic E-state index is -1.35. The van der Waals surface area contributed by atoms with Crippen molar-refractivity contribution in [1.82, 2.24) is 15.2 Å². The Labute approximate surface area is 207 Å². The van der Waals surface area contributed by atoms with Crippen LogP contribution in [0, 0.1) is 18.3 Å². The van der Waals surface area contributed by atoms with Crippen LogP contribution in [0.1, 0.15) is 47.4 Å². The summed E-state index contributed by atoms with van der Waals surface area (Å²) in [7, 11) is 0. The van der Waals surface area contributed by atoms with Gasteiger partial charge in [0, 0.05) is 6.42 Å². The summed E-state index contributed by atoms with van der Waals surface area (Å²) >= 11 is 0. The van der Waals surface area contributed by atoms with E-state index in [1.165, 1.54) is 11.3 Å². The van der Waals surface area contributed by atoms with Crippen molar-refractivity contribution < 1.29 is 18.8 Å². The number of hydrazone groups is 1. The molecule has 5 rings (SSSR count). The lowest BCUT2D eigenvalue weighted by Crippen LogP contribution is -2.43. The van der Waals surface area contributed by atoms with Gasteiger partial charge >= 0.3 is 6.03 Å². The van der Waals surface area contributed by atoms with E-state index in [0.717, 1.165) is 16.0 Å². The molecule has 1 saturated heterocycles. The second-order valence-corrected chi connectivity index (χ2v) is 9.02. The first-order chi connectivity index (χ1) is 17.3. The van der Waals surface area contributed by atoms with Crippen molar-refractivity contribution in [1.29, 1.82) is 5.26 Å². The molecule has 1 aromatic heterocycles. The SMILES string of the molecule is Cc1ccc(C2=NN(C(=O)CN3C(=O)N[C@](C)(c4ccc(C#N)cc4)C3=O)[C@H](c3ccco3)C2)cc1. The lowest BCUT2D eigenvalue weighted by Gasteiger charge is -2.24. The Morgan fingerprint density at radius 1 is 1.17 bits per heavy atom. The zero-order valence-electron chi connectivity index (χ0n) is 19.8. The summed E-state index contributed by atoms with van der Waals surface area (Å²) in [4.78, 5) is 40.4. The van der Waals surface area contributed by atoms with Crippen LogP contribution in [-0.2, 0) is 15.1 Å². The van der Waals surface area contributed by atoms with Crippen molar-refractivity contribution >= 4 is 23.6 Å². The fraction of sp³-hybridized carbons (Fsp3) is 0.222. The number of urea groups is 1. The first-order valence-corrected chi connectivity index (χ1v) is 11.4. The maximum Gasteiger partial charge on any atom is 0.325 e. The second kappa shape index (κ2) is 8.82. The van der Waals surface area contributed by atoms with Gasteiger partial charge in [0.05, 0.1) is 23.6 Å². The number of hydrogen-bond acceptors (Lipinski definition) is 6. The minimum absolute atomic E-state index is 0.436. The molecule has 0 unspecified atom stereocenters. The molecule has 4 amide bonds. The topological polar surface area (TPSA) is 119 Å². The fourth-order valence-corrected chi connectivity index (χ4v) is 4.49. The van der Waals surface area contributed by atoms with Gasteiger partial charge in [0.15, 0.2) is 0 Å². The van der Waals surface area contributed by atoms with Crippen molar-refractivity contribution in [2.24, 2.45) is 5.10 Å². The van der Waals surface area contributed by atoms with E-state index in [1.54, 1.807) is 43.3 Å².